The Balaban J connectivity index is 3.22. The lowest BCUT2D eigenvalue weighted by atomic mass is 10.8. The quantitative estimate of drug-likeness (QED) is 0.388. The highest BCUT2D eigenvalue weighted by Gasteiger charge is 1.51. The fourth-order valence-electron chi connectivity index (χ4n) is 0.0739. The summed E-state index contributed by atoms with van der Waals surface area (Å²) in [4.78, 5) is 0. The van der Waals surface area contributed by atoms with Crippen LogP contribution in [0.15, 0.2) is 0 Å². The monoisotopic (exact) mass is 81.0 g/mol. The first kappa shape index (κ1) is 4.85. The molecule has 0 radical (unpaired) electrons. The highest BCUT2D eigenvalue weighted by molar-refractivity contribution is 5.12. The van der Waals surface area contributed by atoms with E-state index in [1.165, 1.54) is 7.11 Å². The van der Waals surface area contributed by atoms with Gasteiger partial charge in [0, 0.05) is 0 Å². The summed E-state index contributed by atoms with van der Waals surface area (Å²) < 4.78 is 4.20. The number of hydrogen-bond acceptors (Lipinski definition) is 2. The first-order chi connectivity index (χ1) is 2.91. The molecular formula is C4H3NO. The maximum absolute atomic E-state index is 7.69. The van der Waals surface area contributed by atoms with E-state index in [0.717, 1.165) is 0 Å². The molecule has 2 nitrogen and oxygen atoms in total. The highest BCUT2D eigenvalue weighted by Crippen LogP contribution is 1.50. The second-order valence-corrected chi connectivity index (χ2v) is 0.543. The van der Waals surface area contributed by atoms with Crippen LogP contribution in [0, 0.1) is 23.4 Å². The topological polar surface area (TPSA) is 33.0 Å². The summed E-state index contributed by atoms with van der Waals surface area (Å²) in [5.74, 6) is 2.03. The molecule has 0 aliphatic rings. The van der Waals surface area contributed by atoms with Crippen molar-refractivity contribution >= 4 is 0 Å². The van der Waals surface area contributed by atoms with E-state index in [1.807, 2.05) is 5.92 Å². The van der Waals surface area contributed by atoms with Gasteiger partial charge in [0.2, 0.25) is 0 Å². The molecule has 30 valence electrons. The van der Waals surface area contributed by atoms with E-state index in [9.17, 15) is 0 Å². The van der Waals surface area contributed by atoms with Crippen LogP contribution in [0.1, 0.15) is 0 Å². The summed E-state index contributed by atoms with van der Waals surface area (Å²) in [6.07, 6.45) is 2.09. The van der Waals surface area contributed by atoms with Crippen LogP contribution in [0.5, 0.6) is 0 Å². The lowest BCUT2D eigenvalue weighted by Crippen LogP contribution is -1.60. The van der Waals surface area contributed by atoms with Crippen LogP contribution in [0.3, 0.4) is 0 Å². The van der Waals surface area contributed by atoms with Gasteiger partial charge in [-0.25, -0.2) is 0 Å². The molecule has 0 spiro atoms. The van der Waals surface area contributed by atoms with Crippen molar-refractivity contribution in [3.05, 3.63) is 0 Å². The summed E-state index contributed by atoms with van der Waals surface area (Å²) in [5, 5.41) is 7.69. The predicted molar refractivity (Wildman–Crippen MR) is 20.4 cm³/mol. The molecule has 0 fully saturated rings. The van der Waals surface area contributed by atoms with Crippen molar-refractivity contribution in [2.45, 2.75) is 0 Å². The van der Waals surface area contributed by atoms with Crippen LogP contribution in [0.2, 0.25) is 0 Å². The zero-order chi connectivity index (χ0) is 4.83. The number of ether oxygens (including phenoxy) is 1. The van der Waals surface area contributed by atoms with Crippen molar-refractivity contribution in [1.82, 2.24) is 0 Å². The average molecular weight is 81.1 g/mol. The van der Waals surface area contributed by atoms with Crippen molar-refractivity contribution in [3.63, 3.8) is 0 Å². The molecule has 0 atom stereocenters. The molecule has 0 heterocycles. The normalized spacial score (nSPS) is 4.00. The van der Waals surface area contributed by atoms with E-state index in [1.54, 1.807) is 6.07 Å². The van der Waals surface area contributed by atoms with Crippen molar-refractivity contribution in [3.8, 4) is 18.1 Å². The number of nitrogens with zero attached hydrogens (tertiary/aromatic N) is 1. The Hall–Kier alpha value is -1.15. The second kappa shape index (κ2) is 3.85. The molecule has 0 aromatic carbocycles. The van der Waals surface area contributed by atoms with Crippen LogP contribution in [0.25, 0.3) is 0 Å². The molecule has 6 heavy (non-hydrogen) atoms. The predicted octanol–water partition coefficient (Wildman–Crippen LogP) is 0.117. The zero-order valence-corrected chi connectivity index (χ0v) is 3.36. The summed E-state index contributed by atoms with van der Waals surface area (Å²) >= 11 is 0. The van der Waals surface area contributed by atoms with Crippen LogP contribution >= 0.6 is 0 Å². The van der Waals surface area contributed by atoms with Crippen molar-refractivity contribution in [1.29, 1.82) is 5.26 Å². The van der Waals surface area contributed by atoms with Gasteiger partial charge in [-0.05, 0) is 0 Å². The summed E-state index contributed by atoms with van der Waals surface area (Å²) in [6.45, 7) is 0. The maximum atomic E-state index is 7.69. The van der Waals surface area contributed by atoms with Gasteiger partial charge < -0.3 is 4.74 Å². The second-order valence-electron chi connectivity index (χ2n) is 0.543. The Kier molecular flexibility index (Phi) is 3.11. The molecule has 0 aromatic heterocycles. The molecule has 0 unspecified atom stereocenters. The maximum Gasteiger partial charge on any atom is 0.155 e. The molecule has 2 heteroatoms. The van der Waals surface area contributed by atoms with Crippen molar-refractivity contribution < 1.29 is 4.74 Å². The number of methoxy groups -OCH3 is 1. The molecule has 0 saturated heterocycles. The summed E-state index contributed by atoms with van der Waals surface area (Å²) in [7, 11) is 1.41. The summed E-state index contributed by atoms with van der Waals surface area (Å²) in [5.41, 5.74) is 0. The lowest BCUT2D eigenvalue weighted by Gasteiger charge is -1.68. The van der Waals surface area contributed by atoms with Crippen molar-refractivity contribution in [2.24, 2.45) is 0 Å². The summed E-state index contributed by atoms with van der Waals surface area (Å²) in [6, 6.07) is 1.58. The molecular weight excluding hydrogens is 78.0 g/mol. The Morgan fingerprint density at radius 1 is 1.67 bits per heavy atom. The van der Waals surface area contributed by atoms with E-state index in [0.29, 0.717) is 0 Å². The van der Waals surface area contributed by atoms with Crippen LogP contribution in [-0.2, 0) is 4.74 Å². The minimum absolute atomic E-state index is 1.41. The number of rotatable bonds is 0. The van der Waals surface area contributed by atoms with Gasteiger partial charge >= 0.3 is 0 Å². The minimum Gasteiger partial charge on any atom is -0.449 e. The van der Waals surface area contributed by atoms with Crippen molar-refractivity contribution in [2.75, 3.05) is 7.11 Å². The molecule has 0 aromatic rings. The fraction of sp³-hybridized carbons (Fsp3) is 0.250. The average Bonchev–Trinajstić information content (AvgIpc) is 1.61. The Morgan fingerprint density at radius 2 is 2.33 bits per heavy atom. The van der Waals surface area contributed by atoms with Gasteiger partial charge in [0.05, 0.1) is 13.0 Å². The van der Waals surface area contributed by atoms with E-state index < -0.39 is 0 Å². The Bertz CT molecular complexity index is 112. The van der Waals surface area contributed by atoms with Crippen LogP contribution in [0.4, 0.5) is 0 Å². The van der Waals surface area contributed by atoms with E-state index in [4.69, 9.17) is 5.26 Å². The largest absolute Gasteiger partial charge is 0.449 e. The standard InChI is InChI=1S/C4H3NO/c1-6-4-2-3-5/h1H3. The fourth-order valence-corrected chi connectivity index (χ4v) is 0.0739. The van der Waals surface area contributed by atoms with Gasteiger partial charge in [0.25, 0.3) is 0 Å². The SMILES string of the molecule is COC#CC#N. The Morgan fingerprint density at radius 3 is 2.50 bits per heavy atom. The van der Waals surface area contributed by atoms with E-state index in [2.05, 4.69) is 10.8 Å². The molecule has 0 saturated carbocycles. The molecule has 0 aliphatic heterocycles. The molecule has 0 aliphatic carbocycles. The molecule has 0 amide bonds. The smallest absolute Gasteiger partial charge is 0.155 e. The van der Waals surface area contributed by atoms with E-state index in [-0.39, 0.29) is 0 Å². The molecule has 0 rings (SSSR count). The van der Waals surface area contributed by atoms with E-state index >= 15 is 0 Å². The third-order valence-electron chi connectivity index (χ3n) is 0.209. The Labute approximate surface area is 36.3 Å². The highest BCUT2D eigenvalue weighted by atomic mass is 16.5. The third kappa shape index (κ3) is 2.85. The van der Waals surface area contributed by atoms with Gasteiger partial charge in [-0.1, -0.05) is 0 Å². The van der Waals surface area contributed by atoms with Gasteiger partial charge in [0.1, 0.15) is 6.11 Å². The lowest BCUT2D eigenvalue weighted by molar-refractivity contribution is 0.372. The van der Waals surface area contributed by atoms with Gasteiger partial charge in [-0.3, -0.25) is 0 Å². The zero-order valence-electron chi connectivity index (χ0n) is 3.36. The molecule has 0 N–H and O–H groups in total. The third-order valence-corrected chi connectivity index (χ3v) is 0.209. The van der Waals surface area contributed by atoms with Gasteiger partial charge in [-0.15, -0.1) is 0 Å². The first-order valence-electron chi connectivity index (χ1n) is 1.34. The van der Waals surface area contributed by atoms with Gasteiger partial charge in [0.15, 0.2) is 6.07 Å². The minimum atomic E-state index is 1.41. The number of hydrogen-bond donors (Lipinski definition) is 0. The van der Waals surface area contributed by atoms with Gasteiger partial charge in [-0.2, -0.15) is 5.26 Å². The van der Waals surface area contributed by atoms with Crippen LogP contribution in [-0.4, -0.2) is 7.11 Å². The van der Waals surface area contributed by atoms with Crippen LogP contribution < -0.4 is 0 Å². The first-order valence-corrected chi connectivity index (χ1v) is 1.34. The number of nitriles is 1. The molecule has 0 bridgehead atoms.